The van der Waals surface area contributed by atoms with Gasteiger partial charge in [-0.05, 0) is 25.8 Å². The largest absolute Gasteiger partial charge is 0.378 e. The minimum Gasteiger partial charge on any atom is -0.378 e. The molecular weight excluding hydrogens is 226 g/mol. The normalized spacial score (nSPS) is 19.2. The number of nitrogens with two attached hydrogens (primary N) is 1. The van der Waals surface area contributed by atoms with Crippen LogP contribution in [0.1, 0.15) is 25.0 Å². The number of carbonyl (C=O) groups excluding carboxylic acids is 1. The molecule has 1 heterocycles. The van der Waals surface area contributed by atoms with Gasteiger partial charge >= 0.3 is 0 Å². The first-order chi connectivity index (χ1) is 8.44. The maximum atomic E-state index is 11.4. The molecule has 4 heteroatoms. The predicted octanol–water partition coefficient (Wildman–Crippen LogP) is 1.33. The number of carbonyl (C=O) groups is 1. The number of hydrogen-bond acceptors (Lipinski definition) is 3. The minimum absolute atomic E-state index is 0.0183. The second-order valence-corrected chi connectivity index (χ2v) is 5.07. The fourth-order valence-corrected chi connectivity index (χ4v) is 2.28. The van der Waals surface area contributed by atoms with Crippen molar-refractivity contribution in [2.45, 2.75) is 25.8 Å². The summed E-state index contributed by atoms with van der Waals surface area (Å²) in [6.45, 7) is 4.05. The van der Waals surface area contributed by atoms with E-state index in [1.807, 2.05) is 44.2 Å². The summed E-state index contributed by atoms with van der Waals surface area (Å²) in [6.07, 6.45) is 0.837. The molecule has 1 aromatic carbocycles. The van der Waals surface area contributed by atoms with Crippen LogP contribution in [-0.4, -0.2) is 11.4 Å². The molecule has 0 atom stereocenters. The van der Waals surface area contributed by atoms with E-state index in [-0.39, 0.29) is 11.1 Å². The summed E-state index contributed by atoms with van der Waals surface area (Å²) in [5.74, 6) is -0.701. The lowest BCUT2D eigenvalue weighted by Crippen LogP contribution is -2.44. The summed E-state index contributed by atoms with van der Waals surface area (Å²) in [5, 5.41) is 12.3. The Balaban J connectivity index is 2.69. The van der Waals surface area contributed by atoms with Crippen LogP contribution in [0.15, 0.2) is 29.8 Å². The van der Waals surface area contributed by atoms with Gasteiger partial charge in [0.2, 0.25) is 0 Å². The zero-order chi connectivity index (χ0) is 13.3. The van der Waals surface area contributed by atoms with Gasteiger partial charge in [0.1, 0.15) is 11.6 Å². The van der Waals surface area contributed by atoms with E-state index in [1.54, 1.807) is 0 Å². The number of nitrogens with one attached hydrogen (secondary N) is 1. The van der Waals surface area contributed by atoms with Crippen LogP contribution in [0.2, 0.25) is 0 Å². The summed E-state index contributed by atoms with van der Waals surface area (Å²) in [4.78, 5) is 11.4. The van der Waals surface area contributed by atoms with Crippen LogP contribution in [-0.2, 0) is 11.2 Å². The molecule has 0 radical (unpaired) electrons. The number of hydrogen-bond donors (Lipinski definition) is 2. The van der Waals surface area contributed by atoms with E-state index in [0.717, 1.165) is 17.5 Å². The van der Waals surface area contributed by atoms with Crippen molar-refractivity contribution >= 4 is 11.6 Å². The number of nitrogens with zero attached hydrogens (tertiary/aromatic N) is 1. The van der Waals surface area contributed by atoms with Crippen molar-refractivity contribution in [3.63, 3.8) is 0 Å². The Bertz CT molecular complexity index is 579. The van der Waals surface area contributed by atoms with Crippen molar-refractivity contribution in [3.8, 4) is 6.07 Å². The van der Waals surface area contributed by atoms with Gasteiger partial charge in [0.05, 0.1) is 5.70 Å². The summed E-state index contributed by atoms with van der Waals surface area (Å²) < 4.78 is 0. The molecule has 1 aliphatic heterocycles. The highest BCUT2D eigenvalue weighted by atomic mass is 16.1. The highest BCUT2D eigenvalue weighted by Gasteiger charge is 2.30. The van der Waals surface area contributed by atoms with E-state index < -0.39 is 5.91 Å². The molecule has 0 aliphatic carbocycles. The van der Waals surface area contributed by atoms with Gasteiger partial charge in [-0.2, -0.15) is 5.26 Å². The lowest BCUT2D eigenvalue weighted by molar-refractivity contribution is -0.114. The first-order valence-corrected chi connectivity index (χ1v) is 5.75. The molecule has 0 spiro atoms. The van der Waals surface area contributed by atoms with E-state index >= 15 is 0 Å². The molecule has 0 fully saturated rings. The van der Waals surface area contributed by atoms with Gasteiger partial charge in [-0.3, -0.25) is 4.79 Å². The van der Waals surface area contributed by atoms with Gasteiger partial charge in [-0.1, -0.05) is 24.3 Å². The van der Waals surface area contributed by atoms with Crippen LogP contribution in [0.5, 0.6) is 0 Å². The second kappa shape index (κ2) is 4.19. The maximum Gasteiger partial charge on any atom is 0.261 e. The molecule has 4 nitrogen and oxygen atoms in total. The number of nitriles is 1. The highest BCUT2D eigenvalue weighted by Crippen LogP contribution is 2.30. The van der Waals surface area contributed by atoms with Gasteiger partial charge in [0.15, 0.2) is 0 Å². The summed E-state index contributed by atoms with van der Waals surface area (Å²) >= 11 is 0. The average molecular weight is 241 g/mol. The molecule has 1 aliphatic rings. The van der Waals surface area contributed by atoms with Gasteiger partial charge < -0.3 is 11.1 Å². The lowest BCUT2D eigenvalue weighted by Gasteiger charge is -2.35. The molecular formula is C14H15N3O. The first kappa shape index (κ1) is 12.2. The smallest absolute Gasteiger partial charge is 0.261 e. The first-order valence-electron chi connectivity index (χ1n) is 5.75. The van der Waals surface area contributed by atoms with Crippen molar-refractivity contribution in [3.05, 3.63) is 41.0 Å². The van der Waals surface area contributed by atoms with Gasteiger partial charge in [-0.15, -0.1) is 0 Å². The van der Waals surface area contributed by atoms with Crippen molar-refractivity contribution in [1.82, 2.24) is 5.32 Å². The lowest BCUT2D eigenvalue weighted by atomic mass is 9.84. The zero-order valence-electron chi connectivity index (χ0n) is 10.4. The monoisotopic (exact) mass is 241 g/mol. The molecule has 0 saturated heterocycles. The summed E-state index contributed by atoms with van der Waals surface area (Å²) in [7, 11) is 0. The Hall–Kier alpha value is -2.28. The molecule has 18 heavy (non-hydrogen) atoms. The maximum absolute atomic E-state index is 11.4. The molecule has 0 aromatic heterocycles. The van der Waals surface area contributed by atoms with Gasteiger partial charge in [-0.25, -0.2) is 0 Å². The van der Waals surface area contributed by atoms with Gasteiger partial charge in [0.25, 0.3) is 5.91 Å². The third-order valence-corrected chi connectivity index (χ3v) is 2.99. The van der Waals surface area contributed by atoms with Crippen LogP contribution in [0.4, 0.5) is 0 Å². The van der Waals surface area contributed by atoms with Gasteiger partial charge in [0, 0.05) is 11.1 Å². The fraction of sp³-hybridized carbons (Fsp3) is 0.286. The van der Waals surface area contributed by atoms with Crippen molar-refractivity contribution in [2.75, 3.05) is 0 Å². The average Bonchev–Trinajstić information content (AvgIpc) is 2.27. The molecule has 0 saturated carbocycles. The zero-order valence-corrected chi connectivity index (χ0v) is 10.4. The molecule has 1 aromatic rings. The molecule has 1 amide bonds. The minimum atomic E-state index is -0.701. The van der Waals surface area contributed by atoms with Crippen molar-refractivity contribution < 1.29 is 4.79 Å². The SMILES string of the molecule is CC1(C)Cc2ccccc2/C(=C(/C#N)C(N)=O)N1. The number of fused-ring (bicyclic) bond motifs is 1. The highest BCUT2D eigenvalue weighted by molar-refractivity contribution is 6.04. The van der Waals surface area contributed by atoms with E-state index in [2.05, 4.69) is 5.32 Å². The molecule has 0 unspecified atom stereocenters. The quantitative estimate of drug-likeness (QED) is 0.575. The Labute approximate surface area is 106 Å². The van der Waals surface area contributed by atoms with Crippen LogP contribution in [0, 0.1) is 11.3 Å². The van der Waals surface area contributed by atoms with Crippen molar-refractivity contribution in [2.24, 2.45) is 5.73 Å². The van der Waals surface area contributed by atoms with Crippen molar-refractivity contribution in [1.29, 1.82) is 5.26 Å². The Morgan fingerprint density at radius 3 is 2.72 bits per heavy atom. The number of amides is 1. The second-order valence-electron chi connectivity index (χ2n) is 5.07. The predicted molar refractivity (Wildman–Crippen MR) is 69.1 cm³/mol. The van der Waals surface area contributed by atoms with E-state index in [0.29, 0.717) is 5.70 Å². The number of benzene rings is 1. The van der Waals surface area contributed by atoms with Crippen LogP contribution in [0.25, 0.3) is 5.70 Å². The van der Waals surface area contributed by atoms with E-state index in [1.165, 1.54) is 0 Å². The number of rotatable bonds is 1. The van der Waals surface area contributed by atoms with Crippen LogP contribution < -0.4 is 11.1 Å². The van der Waals surface area contributed by atoms with Crippen LogP contribution >= 0.6 is 0 Å². The Kier molecular flexibility index (Phi) is 2.84. The topological polar surface area (TPSA) is 78.9 Å². The van der Waals surface area contributed by atoms with Crippen LogP contribution in [0.3, 0.4) is 0 Å². The number of primary amides is 1. The molecule has 92 valence electrons. The fourth-order valence-electron chi connectivity index (χ4n) is 2.28. The molecule has 2 rings (SSSR count). The third-order valence-electron chi connectivity index (χ3n) is 2.99. The Morgan fingerprint density at radius 1 is 1.44 bits per heavy atom. The standard InChI is InChI=1S/C14H15N3O/c1-14(2)7-9-5-3-4-6-10(9)12(17-14)11(8-15)13(16)18/h3-6,17H,7H2,1-2H3,(H2,16,18)/b12-11+. The summed E-state index contributed by atoms with van der Waals surface area (Å²) in [6, 6.07) is 9.63. The third kappa shape index (κ3) is 2.07. The molecule has 0 bridgehead atoms. The Morgan fingerprint density at radius 2 is 2.11 bits per heavy atom. The molecule has 3 N–H and O–H groups in total. The van der Waals surface area contributed by atoms with E-state index in [9.17, 15) is 4.79 Å². The summed E-state index contributed by atoms with van der Waals surface area (Å²) in [5.41, 5.74) is 7.58. The van der Waals surface area contributed by atoms with E-state index in [4.69, 9.17) is 11.0 Å².